The van der Waals surface area contributed by atoms with Gasteiger partial charge < -0.3 is 30.3 Å². The van der Waals surface area contributed by atoms with Gasteiger partial charge in [0.05, 0.1) is 12.3 Å². The summed E-state index contributed by atoms with van der Waals surface area (Å²) in [6, 6.07) is 8.56. The molecule has 3 aromatic rings. The standard InChI is InChI=1S/C44H57FN10O7S2/c1-29(32-27-47-42(48-28-32)62-20-5-7-40(58)59)51-52-38(56)24-44(2,3)64-63-21-12-39(57)54-18-16-53(17-19-54)34-10-14-55(15-11-34)43(61)49-26-31-8-9-33(22-37(31)45)50-41(60)36-23-35(36)30-6-4-13-46-25-30/h4,6,8-9,13,22,25,27-28,34-36H,5,7,10-12,14-21,23-24,26H2,1-3H3,(H,49,61)(H,50,60)(H,52,56)(H,58,59)/b51-29+. The number of rotatable bonds is 20. The van der Waals surface area contributed by atoms with Crippen molar-refractivity contribution in [3.63, 3.8) is 0 Å². The largest absolute Gasteiger partial charge is 0.481 e. The molecule has 1 saturated carbocycles. The number of nitrogens with one attached hydrogen (secondary N) is 3. The van der Waals surface area contributed by atoms with E-state index in [1.165, 1.54) is 18.5 Å². The number of anilines is 1. The van der Waals surface area contributed by atoms with Crippen molar-refractivity contribution in [3.8, 4) is 6.01 Å². The molecule has 0 spiro atoms. The lowest BCUT2D eigenvalue weighted by atomic mass is 10.0. The number of amides is 5. The van der Waals surface area contributed by atoms with Crippen LogP contribution in [0.4, 0.5) is 14.9 Å². The van der Waals surface area contributed by atoms with Crippen molar-refractivity contribution in [1.29, 1.82) is 0 Å². The molecule has 1 aliphatic carbocycles. The summed E-state index contributed by atoms with van der Waals surface area (Å²) in [4.78, 5) is 80.6. The molecule has 2 aliphatic heterocycles. The van der Waals surface area contributed by atoms with Crippen molar-refractivity contribution < 1.29 is 38.2 Å². The van der Waals surface area contributed by atoms with Crippen molar-refractivity contribution in [2.24, 2.45) is 11.0 Å². The Morgan fingerprint density at radius 1 is 0.984 bits per heavy atom. The summed E-state index contributed by atoms with van der Waals surface area (Å²) in [5, 5.41) is 18.6. The lowest BCUT2D eigenvalue weighted by Gasteiger charge is -2.42. The number of benzene rings is 1. The Bertz CT molecular complexity index is 2120. The Morgan fingerprint density at radius 3 is 2.42 bits per heavy atom. The van der Waals surface area contributed by atoms with Crippen LogP contribution < -0.4 is 20.8 Å². The first-order valence-electron chi connectivity index (χ1n) is 21.6. The van der Waals surface area contributed by atoms with Crippen LogP contribution in [-0.4, -0.2) is 133 Å². The molecule has 17 nitrogen and oxygen atoms in total. The molecule has 2 aromatic heterocycles. The third-order valence-electron chi connectivity index (χ3n) is 11.4. The maximum Gasteiger partial charge on any atom is 0.317 e. The zero-order chi connectivity index (χ0) is 45.6. The summed E-state index contributed by atoms with van der Waals surface area (Å²) < 4.78 is 19.9. The van der Waals surface area contributed by atoms with Gasteiger partial charge in [-0.2, -0.15) is 5.10 Å². The predicted octanol–water partition coefficient (Wildman–Crippen LogP) is 5.30. The molecular formula is C44H57FN10O7S2. The van der Waals surface area contributed by atoms with Gasteiger partial charge in [-0.1, -0.05) is 33.7 Å². The van der Waals surface area contributed by atoms with Gasteiger partial charge in [-0.25, -0.2) is 24.6 Å². The van der Waals surface area contributed by atoms with Crippen molar-refractivity contribution >= 4 is 62.7 Å². The van der Waals surface area contributed by atoms with Crippen LogP contribution >= 0.6 is 21.6 Å². The fourth-order valence-electron chi connectivity index (χ4n) is 7.62. The summed E-state index contributed by atoms with van der Waals surface area (Å²) in [6.07, 6.45) is 9.85. The Balaban J connectivity index is 0.809. The number of ether oxygens (including phenoxy) is 1. The maximum absolute atomic E-state index is 15.0. The molecule has 64 heavy (non-hydrogen) atoms. The number of nitrogens with zero attached hydrogens (tertiary/aromatic N) is 7. The molecule has 20 heteroatoms. The van der Waals surface area contributed by atoms with Crippen molar-refractivity contribution in [2.45, 2.75) is 89.0 Å². The number of hydrazone groups is 1. The summed E-state index contributed by atoms with van der Waals surface area (Å²) in [6.45, 7) is 9.94. The molecule has 0 radical (unpaired) electrons. The summed E-state index contributed by atoms with van der Waals surface area (Å²) in [5.41, 5.74) is 5.45. The molecule has 3 fully saturated rings. The van der Waals surface area contributed by atoms with E-state index in [-0.39, 0.29) is 67.6 Å². The smallest absolute Gasteiger partial charge is 0.317 e. The highest BCUT2D eigenvalue weighted by Crippen LogP contribution is 2.47. The van der Waals surface area contributed by atoms with Crippen LogP contribution in [0.1, 0.15) is 88.3 Å². The second-order valence-corrected chi connectivity index (χ2v) is 19.9. The average molecular weight is 921 g/mol. The second kappa shape index (κ2) is 23.0. The number of carboxylic acids is 1. The van der Waals surface area contributed by atoms with Gasteiger partial charge in [-0.3, -0.25) is 29.1 Å². The van der Waals surface area contributed by atoms with Gasteiger partial charge in [0.15, 0.2) is 0 Å². The number of hydrogen-bond acceptors (Lipinski definition) is 13. The maximum atomic E-state index is 15.0. The van der Waals surface area contributed by atoms with E-state index in [1.54, 1.807) is 57.9 Å². The molecule has 5 amide bonds. The lowest BCUT2D eigenvalue weighted by Crippen LogP contribution is -2.55. The van der Waals surface area contributed by atoms with Crippen LogP contribution in [0.2, 0.25) is 0 Å². The van der Waals surface area contributed by atoms with Crippen LogP contribution in [0.3, 0.4) is 0 Å². The number of piperazine rings is 1. The minimum atomic E-state index is -0.894. The zero-order valence-electron chi connectivity index (χ0n) is 36.5. The van der Waals surface area contributed by atoms with Gasteiger partial charge in [0.1, 0.15) is 5.82 Å². The first-order valence-corrected chi connectivity index (χ1v) is 23.9. The molecule has 2 unspecified atom stereocenters. The van der Waals surface area contributed by atoms with E-state index >= 15 is 0 Å². The molecule has 4 heterocycles. The third-order valence-corrected chi connectivity index (χ3v) is 14.6. The van der Waals surface area contributed by atoms with Crippen molar-refractivity contribution in [3.05, 3.63) is 77.6 Å². The van der Waals surface area contributed by atoms with E-state index < -0.39 is 16.5 Å². The number of hydrogen-bond donors (Lipinski definition) is 4. The van der Waals surface area contributed by atoms with E-state index in [4.69, 9.17) is 9.84 Å². The molecule has 3 aliphatic rings. The molecular weight excluding hydrogens is 864 g/mol. The average Bonchev–Trinajstić information content (AvgIpc) is 4.10. The topological polar surface area (TPSA) is 212 Å². The highest BCUT2D eigenvalue weighted by atomic mass is 33.1. The number of urea groups is 1. The SMILES string of the molecule is C/C(=N\NC(=O)CC(C)(C)SSCCC(=O)N1CCN(C2CCN(C(=O)NCc3ccc(NC(=O)C4CC4c4cccnc4)cc3F)CC2)CC1)c1cnc(OCCCC(=O)O)nc1. The highest BCUT2D eigenvalue weighted by molar-refractivity contribution is 8.77. The first kappa shape index (κ1) is 48.1. The van der Waals surface area contributed by atoms with Gasteiger partial charge in [-0.15, -0.1) is 0 Å². The molecule has 2 atom stereocenters. The molecule has 344 valence electrons. The van der Waals surface area contributed by atoms with Crippen LogP contribution in [0.5, 0.6) is 6.01 Å². The van der Waals surface area contributed by atoms with E-state index in [2.05, 4.69) is 41.0 Å². The minimum absolute atomic E-state index is 0.000300. The van der Waals surface area contributed by atoms with Gasteiger partial charge in [0.25, 0.3) is 0 Å². The number of carbonyl (C=O) groups is 5. The minimum Gasteiger partial charge on any atom is -0.481 e. The van der Waals surface area contributed by atoms with Crippen molar-refractivity contribution in [1.82, 2.24) is 40.4 Å². The number of halogens is 1. The molecule has 6 rings (SSSR count). The third kappa shape index (κ3) is 14.6. The number of aromatic nitrogens is 3. The zero-order valence-corrected chi connectivity index (χ0v) is 38.1. The van der Waals surface area contributed by atoms with Gasteiger partial charge in [-0.05, 0) is 76.1 Å². The summed E-state index contributed by atoms with van der Waals surface area (Å²) >= 11 is 0. The highest BCUT2D eigenvalue weighted by Gasteiger charge is 2.44. The Kier molecular flexibility index (Phi) is 17.3. The molecule has 0 bridgehead atoms. The number of carbonyl (C=O) groups excluding carboxylic acids is 4. The first-order chi connectivity index (χ1) is 30.7. The monoisotopic (exact) mass is 920 g/mol. The van der Waals surface area contributed by atoms with Crippen LogP contribution in [-0.2, 0) is 25.7 Å². The number of carboxylic acid groups (broad SMARTS) is 1. The van der Waals surface area contributed by atoms with Crippen LogP contribution in [0.15, 0.2) is 60.2 Å². The molecule has 4 N–H and O–H groups in total. The number of piperidine rings is 1. The van der Waals surface area contributed by atoms with Gasteiger partial charge in [0, 0.05) is 129 Å². The Labute approximate surface area is 380 Å². The second-order valence-electron chi connectivity index (χ2n) is 16.7. The fraction of sp³-hybridized carbons (Fsp3) is 0.523. The Hall–Kier alpha value is -5.34. The van der Waals surface area contributed by atoms with E-state index in [9.17, 15) is 28.4 Å². The van der Waals surface area contributed by atoms with Crippen LogP contribution in [0, 0.1) is 11.7 Å². The van der Waals surface area contributed by atoms with Gasteiger partial charge >= 0.3 is 18.0 Å². The van der Waals surface area contributed by atoms with E-state index in [0.29, 0.717) is 73.3 Å². The quantitative estimate of drug-likeness (QED) is 0.0492. The normalized spacial score (nSPS) is 18.3. The fourth-order valence-corrected chi connectivity index (χ4v) is 10.1. The molecule has 2 saturated heterocycles. The van der Waals surface area contributed by atoms with E-state index in [0.717, 1.165) is 37.9 Å². The lowest BCUT2D eigenvalue weighted by molar-refractivity contribution is -0.137. The predicted molar refractivity (Wildman–Crippen MR) is 243 cm³/mol. The summed E-state index contributed by atoms with van der Waals surface area (Å²) in [5.74, 6) is -1.07. The van der Waals surface area contributed by atoms with E-state index in [1.807, 2.05) is 30.9 Å². The van der Waals surface area contributed by atoms with Gasteiger partial charge in [0.2, 0.25) is 17.7 Å². The number of pyridine rings is 1. The van der Waals surface area contributed by atoms with Crippen molar-refractivity contribution in [2.75, 3.05) is 56.9 Å². The number of aliphatic carboxylic acids is 1. The number of likely N-dealkylation sites (tertiary alicyclic amines) is 1. The molecule has 1 aromatic carbocycles. The summed E-state index contributed by atoms with van der Waals surface area (Å²) in [7, 11) is 3.14. The Morgan fingerprint density at radius 2 is 1.73 bits per heavy atom. The van der Waals surface area contributed by atoms with Crippen LogP contribution in [0.25, 0.3) is 0 Å².